The molecular weight excluding hydrogens is 289 g/mol. The lowest BCUT2D eigenvalue weighted by Gasteiger charge is -2.31. The van der Waals surface area contributed by atoms with Crippen LogP contribution in [0.25, 0.3) is 0 Å². The van der Waals surface area contributed by atoms with Crippen molar-refractivity contribution in [2.24, 2.45) is 5.41 Å². The van der Waals surface area contributed by atoms with Crippen molar-refractivity contribution in [3.63, 3.8) is 0 Å². The van der Waals surface area contributed by atoms with E-state index >= 15 is 0 Å². The van der Waals surface area contributed by atoms with Crippen molar-refractivity contribution in [3.8, 4) is 0 Å². The summed E-state index contributed by atoms with van der Waals surface area (Å²) < 4.78 is 41.7. The minimum absolute atomic E-state index is 0.0219. The minimum Gasteiger partial charge on any atom is -0.468 e. The molecule has 5 nitrogen and oxygen atoms in total. The SMILES string of the molecule is COC(=O)[C@@H](N[C@@H]1CCN(CC(F)(F)F)C1=O)C(C)(C)C. The number of rotatable bonds is 4. The molecule has 21 heavy (non-hydrogen) atoms. The molecule has 0 unspecified atom stereocenters. The monoisotopic (exact) mass is 310 g/mol. The highest BCUT2D eigenvalue weighted by atomic mass is 19.4. The van der Waals surface area contributed by atoms with Gasteiger partial charge in [-0.05, 0) is 11.8 Å². The van der Waals surface area contributed by atoms with Gasteiger partial charge in [-0.2, -0.15) is 13.2 Å². The number of alkyl halides is 3. The lowest BCUT2D eigenvalue weighted by Crippen LogP contribution is -2.53. The number of methoxy groups -OCH3 is 1. The first-order valence-corrected chi connectivity index (χ1v) is 6.65. The molecule has 0 saturated carbocycles. The van der Waals surface area contributed by atoms with Crippen LogP contribution in [0.15, 0.2) is 0 Å². The van der Waals surface area contributed by atoms with Crippen LogP contribution in [-0.2, 0) is 14.3 Å². The molecule has 0 aromatic rings. The number of hydrogen-bond donors (Lipinski definition) is 1. The summed E-state index contributed by atoms with van der Waals surface area (Å²) in [5.74, 6) is -1.17. The average molecular weight is 310 g/mol. The van der Waals surface area contributed by atoms with Crippen molar-refractivity contribution in [2.75, 3.05) is 20.2 Å². The van der Waals surface area contributed by atoms with Crippen LogP contribution in [0.4, 0.5) is 13.2 Å². The first-order chi connectivity index (χ1) is 9.45. The molecule has 1 aliphatic rings. The van der Waals surface area contributed by atoms with Gasteiger partial charge in [0.1, 0.15) is 12.6 Å². The van der Waals surface area contributed by atoms with Crippen molar-refractivity contribution in [2.45, 2.75) is 45.5 Å². The van der Waals surface area contributed by atoms with Gasteiger partial charge in [0.2, 0.25) is 5.91 Å². The first-order valence-electron chi connectivity index (χ1n) is 6.65. The van der Waals surface area contributed by atoms with Crippen molar-refractivity contribution in [1.29, 1.82) is 0 Å². The molecule has 2 atom stereocenters. The molecule has 1 saturated heterocycles. The highest BCUT2D eigenvalue weighted by Gasteiger charge is 2.42. The Bertz CT molecular complexity index is 404. The predicted molar refractivity (Wildman–Crippen MR) is 69.4 cm³/mol. The molecule has 122 valence electrons. The summed E-state index contributed by atoms with van der Waals surface area (Å²) in [7, 11) is 1.23. The molecule has 0 aromatic carbocycles. The van der Waals surface area contributed by atoms with Gasteiger partial charge in [0, 0.05) is 6.54 Å². The summed E-state index contributed by atoms with van der Waals surface area (Å²) in [6.45, 7) is 4.12. The number of amides is 1. The third-order valence-corrected chi connectivity index (χ3v) is 3.34. The molecule has 1 amide bonds. The Balaban J connectivity index is 2.74. The Morgan fingerprint density at radius 1 is 1.43 bits per heavy atom. The average Bonchev–Trinajstić information content (AvgIpc) is 2.63. The Hall–Kier alpha value is -1.31. The zero-order valence-corrected chi connectivity index (χ0v) is 12.6. The van der Waals surface area contributed by atoms with Gasteiger partial charge >= 0.3 is 12.1 Å². The van der Waals surface area contributed by atoms with E-state index in [4.69, 9.17) is 0 Å². The van der Waals surface area contributed by atoms with Gasteiger partial charge in [0.05, 0.1) is 13.2 Å². The molecule has 1 fully saturated rings. The summed E-state index contributed by atoms with van der Waals surface area (Å²) in [6.07, 6.45) is -4.19. The van der Waals surface area contributed by atoms with Gasteiger partial charge in [0.25, 0.3) is 0 Å². The second-order valence-corrected chi connectivity index (χ2v) is 6.21. The maximum atomic E-state index is 12.4. The fourth-order valence-electron chi connectivity index (χ4n) is 2.26. The van der Waals surface area contributed by atoms with Crippen LogP contribution in [0, 0.1) is 5.41 Å². The molecule has 0 radical (unpaired) electrons. The van der Waals surface area contributed by atoms with E-state index in [1.165, 1.54) is 7.11 Å². The van der Waals surface area contributed by atoms with Gasteiger partial charge in [-0.1, -0.05) is 20.8 Å². The molecule has 0 aliphatic carbocycles. The van der Waals surface area contributed by atoms with Crippen molar-refractivity contribution in [3.05, 3.63) is 0 Å². The Labute approximate surface area is 121 Å². The maximum absolute atomic E-state index is 12.4. The number of hydrogen-bond acceptors (Lipinski definition) is 4. The summed E-state index contributed by atoms with van der Waals surface area (Å²) >= 11 is 0. The van der Waals surface area contributed by atoms with E-state index in [1.54, 1.807) is 20.8 Å². The Kier molecular flexibility index (Phi) is 5.25. The van der Waals surface area contributed by atoms with E-state index in [9.17, 15) is 22.8 Å². The second-order valence-electron chi connectivity index (χ2n) is 6.21. The van der Waals surface area contributed by atoms with Crippen LogP contribution in [0.2, 0.25) is 0 Å². The van der Waals surface area contributed by atoms with Gasteiger partial charge in [-0.3, -0.25) is 14.9 Å². The number of halogens is 3. The van der Waals surface area contributed by atoms with Crippen LogP contribution in [0.3, 0.4) is 0 Å². The molecule has 1 N–H and O–H groups in total. The van der Waals surface area contributed by atoms with Crippen LogP contribution in [-0.4, -0.2) is 55.2 Å². The normalized spacial score (nSPS) is 21.6. The van der Waals surface area contributed by atoms with Crippen LogP contribution in [0.1, 0.15) is 27.2 Å². The summed E-state index contributed by atoms with van der Waals surface area (Å²) in [4.78, 5) is 24.5. The van der Waals surface area contributed by atoms with E-state index in [0.717, 1.165) is 4.90 Å². The summed E-state index contributed by atoms with van der Waals surface area (Å²) in [5, 5.41) is 2.84. The smallest absolute Gasteiger partial charge is 0.406 e. The topological polar surface area (TPSA) is 58.6 Å². The largest absolute Gasteiger partial charge is 0.468 e. The number of nitrogens with zero attached hydrogens (tertiary/aromatic N) is 1. The third-order valence-electron chi connectivity index (χ3n) is 3.34. The molecule has 0 spiro atoms. The standard InChI is InChI=1S/C13H21F3N2O3/c1-12(2,3)9(11(20)21-4)17-8-5-6-18(10(8)19)7-13(14,15)16/h8-9,17H,5-7H2,1-4H3/t8-,9-/m1/s1. The minimum atomic E-state index is -4.42. The van der Waals surface area contributed by atoms with Gasteiger partial charge in [0.15, 0.2) is 0 Å². The highest BCUT2D eigenvalue weighted by Crippen LogP contribution is 2.24. The number of nitrogens with one attached hydrogen (secondary N) is 1. The van der Waals surface area contributed by atoms with Crippen molar-refractivity contribution in [1.82, 2.24) is 10.2 Å². The number of likely N-dealkylation sites (tertiary alicyclic amines) is 1. The van der Waals surface area contributed by atoms with E-state index in [2.05, 4.69) is 10.1 Å². The molecule has 1 aliphatic heterocycles. The number of carbonyl (C=O) groups is 2. The Morgan fingerprint density at radius 3 is 2.43 bits per heavy atom. The number of carbonyl (C=O) groups excluding carboxylic acids is 2. The van der Waals surface area contributed by atoms with Crippen LogP contribution in [0.5, 0.6) is 0 Å². The molecule has 8 heteroatoms. The predicted octanol–water partition coefficient (Wildman–Crippen LogP) is 1.33. The molecule has 0 aromatic heterocycles. The van der Waals surface area contributed by atoms with Gasteiger partial charge in [-0.15, -0.1) is 0 Å². The fourth-order valence-corrected chi connectivity index (χ4v) is 2.26. The van der Waals surface area contributed by atoms with E-state index in [1.807, 2.05) is 0 Å². The van der Waals surface area contributed by atoms with Crippen molar-refractivity contribution >= 4 is 11.9 Å². The van der Waals surface area contributed by atoms with Crippen molar-refractivity contribution < 1.29 is 27.5 Å². The highest BCUT2D eigenvalue weighted by molar-refractivity contribution is 5.85. The fraction of sp³-hybridized carbons (Fsp3) is 0.846. The molecule has 1 rings (SSSR count). The Morgan fingerprint density at radius 2 is 2.00 bits per heavy atom. The maximum Gasteiger partial charge on any atom is 0.406 e. The summed E-state index contributed by atoms with van der Waals surface area (Å²) in [5.41, 5.74) is -0.523. The van der Waals surface area contributed by atoms with E-state index < -0.39 is 42.1 Å². The summed E-state index contributed by atoms with van der Waals surface area (Å²) in [6, 6.07) is -1.56. The molecule has 0 bridgehead atoms. The second kappa shape index (κ2) is 6.21. The molecule has 1 heterocycles. The number of ether oxygens (including phenoxy) is 1. The molecular formula is C13H21F3N2O3. The quantitative estimate of drug-likeness (QED) is 0.796. The van der Waals surface area contributed by atoms with Crippen LogP contribution >= 0.6 is 0 Å². The van der Waals surface area contributed by atoms with E-state index in [0.29, 0.717) is 0 Å². The number of esters is 1. The first kappa shape index (κ1) is 17.7. The van der Waals surface area contributed by atoms with Gasteiger partial charge in [-0.25, -0.2) is 0 Å². The lowest BCUT2D eigenvalue weighted by atomic mass is 9.86. The van der Waals surface area contributed by atoms with Gasteiger partial charge < -0.3 is 9.64 Å². The third kappa shape index (κ3) is 4.87. The zero-order valence-electron chi connectivity index (χ0n) is 12.6. The van der Waals surface area contributed by atoms with E-state index in [-0.39, 0.29) is 13.0 Å². The van der Waals surface area contributed by atoms with Crippen LogP contribution < -0.4 is 5.32 Å². The lowest BCUT2D eigenvalue weighted by molar-refractivity contribution is -0.158. The zero-order chi connectivity index (χ0) is 16.4.